The van der Waals surface area contributed by atoms with Gasteiger partial charge in [-0.15, -0.1) is 0 Å². The highest BCUT2D eigenvalue weighted by Gasteiger charge is 2.05. The van der Waals surface area contributed by atoms with Gasteiger partial charge in [-0.25, -0.2) is 4.58 Å². The van der Waals surface area contributed by atoms with E-state index in [0.29, 0.717) is 0 Å². The van der Waals surface area contributed by atoms with Gasteiger partial charge in [-0.1, -0.05) is 0 Å². The maximum Gasteiger partial charge on any atom is 0.367 e. The summed E-state index contributed by atoms with van der Waals surface area (Å²) >= 11 is 0. The van der Waals surface area contributed by atoms with Crippen molar-refractivity contribution in [2.45, 2.75) is 6.92 Å². The molecule has 0 fully saturated rings. The Hall–Kier alpha value is -1.77. The molecule has 1 aromatic carbocycles. The first-order chi connectivity index (χ1) is 7.61. The molecular weight excluding hydrogens is 202 g/mol. The summed E-state index contributed by atoms with van der Waals surface area (Å²) in [5, 5.41) is 1.12. The molecule has 0 spiro atoms. The van der Waals surface area contributed by atoms with Crippen molar-refractivity contribution in [1.82, 2.24) is 4.58 Å². The number of rotatable bonds is 1. The largest absolute Gasteiger partial charge is 0.497 e. The second kappa shape index (κ2) is 4.00. The third kappa shape index (κ3) is 1.81. The molecule has 0 radical (unpaired) electrons. The summed E-state index contributed by atoms with van der Waals surface area (Å²) in [6.45, 7) is 2.08. The van der Waals surface area contributed by atoms with E-state index in [4.69, 9.17) is 9.15 Å². The van der Waals surface area contributed by atoms with Gasteiger partial charge in [0, 0.05) is 11.5 Å². The van der Waals surface area contributed by atoms with E-state index in [1.807, 2.05) is 42.9 Å². The monoisotopic (exact) mass is 218 g/mol. The molecule has 0 aliphatic carbocycles. The zero-order valence-electron chi connectivity index (χ0n) is 10.1. The summed E-state index contributed by atoms with van der Waals surface area (Å²) < 4.78 is 12.9. The Morgan fingerprint density at radius 3 is 2.56 bits per heavy atom. The van der Waals surface area contributed by atoms with E-state index in [1.54, 1.807) is 7.11 Å². The molecule has 0 atom stereocenters. The predicted molar refractivity (Wildman–Crippen MR) is 64.6 cm³/mol. The second-order valence-electron chi connectivity index (χ2n) is 4.02. The Labute approximate surface area is 94.6 Å². The van der Waals surface area contributed by atoms with Gasteiger partial charge in [-0.3, -0.25) is 0 Å². The summed E-state index contributed by atoms with van der Waals surface area (Å²) in [5.74, 6) is 0.812. The topological polar surface area (TPSA) is 25.4 Å². The number of methoxy groups -OCH3 is 1. The van der Waals surface area contributed by atoms with Gasteiger partial charge in [0.1, 0.15) is 25.4 Å². The van der Waals surface area contributed by atoms with E-state index in [0.717, 1.165) is 22.3 Å². The second-order valence-corrected chi connectivity index (χ2v) is 4.02. The van der Waals surface area contributed by atoms with Crippen LogP contribution in [0.1, 0.15) is 5.56 Å². The average molecular weight is 218 g/mol. The summed E-state index contributed by atoms with van der Waals surface area (Å²) in [7, 11) is 5.58. The maximum absolute atomic E-state index is 5.79. The minimum atomic E-state index is 0.812. The minimum Gasteiger partial charge on any atom is -0.497 e. The number of hydrogen-bond donors (Lipinski definition) is 0. The van der Waals surface area contributed by atoms with Crippen molar-refractivity contribution in [2.75, 3.05) is 21.2 Å². The Balaban J connectivity index is 2.84. The fourth-order valence-corrected chi connectivity index (χ4v) is 1.67. The van der Waals surface area contributed by atoms with Gasteiger partial charge in [0.2, 0.25) is 0 Å². The van der Waals surface area contributed by atoms with Crippen LogP contribution in [0.15, 0.2) is 28.7 Å². The van der Waals surface area contributed by atoms with Crippen molar-refractivity contribution >= 4 is 11.0 Å². The first kappa shape index (κ1) is 10.7. The summed E-state index contributed by atoms with van der Waals surface area (Å²) in [4.78, 5) is 0. The standard InChI is InChI=1S/C13H16NO2/c1-9-7-13(14(2)3)16-12-8-10(15-4)5-6-11(9)12/h5-8H,1-4H3/q+1. The molecule has 0 amide bonds. The molecule has 0 unspecified atom stereocenters. The van der Waals surface area contributed by atoms with Crippen LogP contribution in [0, 0.1) is 6.92 Å². The van der Waals surface area contributed by atoms with Crippen molar-refractivity contribution in [2.24, 2.45) is 0 Å². The maximum atomic E-state index is 5.79. The number of hydrogen-bond acceptors (Lipinski definition) is 2. The number of fused-ring (bicyclic) bond motifs is 1. The number of aryl methyl sites for hydroxylation is 1. The van der Waals surface area contributed by atoms with Crippen LogP contribution >= 0.6 is 0 Å². The lowest BCUT2D eigenvalue weighted by atomic mass is 10.1. The highest BCUT2D eigenvalue weighted by atomic mass is 16.5. The van der Waals surface area contributed by atoms with E-state index in [-0.39, 0.29) is 0 Å². The molecule has 3 heteroatoms. The predicted octanol–water partition coefficient (Wildman–Crippen LogP) is 1.78. The molecule has 2 rings (SSSR count). The Kier molecular flexibility index (Phi) is 2.69. The summed E-state index contributed by atoms with van der Waals surface area (Å²) in [6.07, 6.45) is 0. The lowest BCUT2D eigenvalue weighted by molar-refractivity contribution is 0.413. The molecule has 1 aromatic heterocycles. The molecule has 0 saturated heterocycles. The Bertz CT molecular complexity index is 592. The van der Waals surface area contributed by atoms with Gasteiger partial charge in [0.15, 0.2) is 0 Å². The van der Waals surface area contributed by atoms with E-state index < -0.39 is 0 Å². The van der Waals surface area contributed by atoms with Crippen LogP contribution < -0.4 is 14.9 Å². The van der Waals surface area contributed by atoms with Crippen molar-refractivity contribution < 1.29 is 9.15 Å². The molecule has 0 aliphatic heterocycles. The molecule has 1 heterocycles. The summed E-state index contributed by atoms with van der Waals surface area (Å²) in [5.41, 5.74) is 2.90. The van der Waals surface area contributed by atoms with Crippen LogP contribution in [-0.4, -0.2) is 21.2 Å². The molecule has 16 heavy (non-hydrogen) atoms. The Morgan fingerprint density at radius 1 is 1.19 bits per heavy atom. The molecule has 0 saturated carbocycles. The minimum absolute atomic E-state index is 0.812. The summed E-state index contributed by atoms with van der Waals surface area (Å²) in [6, 6.07) is 7.91. The van der Waals surface area contributed by atoms with E-state index >= 15 is 0 Å². The normalized spacial score (nSPS) is 10.5. The molecule has 84 valence electrons. The molecule has 0 aliphatic rings. The first-order valence-electron chi connectivity index (χ1n) is 5.20. The van der Waals surface area contributed by atoms with Gasteiger partial charge in [-0.05, 0) is 24.6 Å². The molecule has 0 bridgehead atoms. The van der Waals surface area contributed by atoms with Gasteiger partial charge >= 0.3 is 5.55 Å². The SMILES string of the molecule is COc1ccc2c(C)cc(=[N+](C)C)oc2c1. The number of nitrogens with zero attached hydrogens (tertiary/aromatic N) is 1. The average Bonchev–Trinajstić information content (AvgIpc) is 2.28. The molecular formula is C13H16NO2+. The lowest BCUT2D eigenvalue weighted by Gasteiger charge is -2.03. The van der Waals surface area contributed by atoms with Crippen molar-refractivity contribution in [3.8, 4) is 5.75 Å². The van der Waals surface area contributed by atoms with Gasteiger partial charge < -0.3 is 9.15 Å². The van der Waals surface area contributed by atoms with E-state index in [2.05, 4.69) is 6.92 Å². The van der Waals surface area contributed by atoms with Crippen LogP contribution in [0.5, 0.6) is 5.75 Å². The number of benzene rings is 1. The zero-order valence-corrected chi connectivity index (χ0v) is 10.1. The van der Waals surface area contributed by atoms with Crippen molar-refractivity contribution in [1.29, 1.82) is 0 Å². The lowest BCUT2D eigenvalue weighted by Crippen LogP contribution is -2.21. The van der Waals surface area contributed by atoms with E-state index in [1.165, 1.54) is 5.56 Å². The fourth-order valence-electron chi connectivity index (χ4n) is 1.67. The van der Waals surface area contributed by atoms with Gasteiger partial charge in [0.25, 0.3) is 0 Å². The first-order valence-corrected chi connectivity index (χ1v) is 5.20. The van der Waals surface area contributed by atoms with Gasteiger partial charge in [0.05, 0.1) is 13.2 Å². The van der Waals surface area contributed by atoms with E-state index in [9.17, 15) is 0 Å². The van der Waals surface area contributed by atoms with Crippen molar-refractivity contribution in [3.63, 3.8) is 0 Å². The van der Waals surface area contributed by atoms with Gasteiger partial charge in [-0.2, -0.15) is 0 Å². The van der Waals surface area contributed by atoms with Crippen molar-refractivity contribution in [3.05, 3.63) is 35.4 Å². The quantitative estimate of drug-likeness (QED) is 0.682. The highest BCUT2D eigenvalue weighted by Crippen LogP contribution is 2.21. The molecule has 2 aromatic rings. The Morgan fingerprint density at radius 2 is 1.94 bits per heavy atom. The van der Waals surface area contributed by atoms with Crippen LogP contribution in [0.4, 0.5) is 0 Å². The van der Waals surface area contributed by atoms with Crippen LogP contribution in [-0.2, 0) is 0 Å². The molecule has 3 nitrogen and oxygen atoms in total. The third-order valence-corrected chi connectivity index (χ3v) is 2.61. The zero-order chi connectivity index (χ0) is 11.7. The smallest absolute Gasteiger partial charge is 0.367 e. The van der Waals surface area contributed by atoms with Crippen LogP contribution in [0.2, 0.25) is 0 Å². The highest BCUT2D eigenvalue weighted by molar-refractivity contribution is 5.81. The third-order valence-electron chi connectivity index (χ3n) is 2.61. The molecule has 0 N–H and O–H groups in total. The van der Waals surface area contributed by atoms with Crippen LogP contribution in [0.25, 0.3) is 11.0 Å². The van der Waals surface area contributed by atoms with Crippen LogP contribution in [0.3, 0.4) is 0 Å². The fraction of sp³-hybridized carbons (Fsp3) is 0.308. The number of ether oxygens (including phenoxy) is 1.